The molecule has 0 bridgehead atoms. The predicted octanol–water partition coefficient (Wildman–Crippen LogP) is 12.2. The Kier molecular flexibility index (Phi) is 6.83. The molecule has 7 aromatic carbocycles. The highest BCUT2D eigenvalue weighted by Gasteiger charge is 2.40. The lowest BCUT2D eigenvalue weighted by atomic mass is 9.81. The Labute approximate surface area is 318 Å². The van der Waals surface area contributed by atoms with Crippen molar-refractivity contribution < 1.29 is 0 Å². The van der Waals surface area contributed by atoms with Gasteiger partial charge in [0.1, 0.15) is 0 Å². The fourth-order valence-electron chi connectivity index (χ4n) is 8.82. The van der Waals surface area contributed by atoms with Crippen LogP contribution in [0.15, 0.2) is 176 Å². The molecule has 0 unspecified atom stereocenters. The molecule has 55 heavy (non-hydrogen) atoms. The lowest BCUT2D eigenvalue weighted by molar-refractivity contribution is 0.666. The molecule has 0 aliphatic heterocycles. The summed E-state index contributed by atoms with van der Waals surface area (Å²) in [5.41, 5.74) is 13.6. The average Bonchev–Trinajstić information content (AvgIpc) is 3.84. The van der Waals surface area contributed by atoms with Crippen LogP contribution in [0.4, 0.5) is 0 Å². The minimum Gasteiger partial charge on any atom is -0.309 e. The number of hydrogen-bond donors (Lipinski definition) is 0. The lowest BCUT2D eigenvalue weighted by Gasteiger charge is -2.21. The zero-order chi connectivity index (χ0) is 36.7. The Bertz CT molecular complexity index is 3030. The highest BCUT2D eigenvalue weighted by Crippen LogP contribution is 2.54. The largest absolute Gasteiger partial charge is 0.309 e. The molecule has 0 saturated heterocycles. The van der Waals surface area contributed by atoms with Crippen molar-refractivity contribution in [2.24, 2.45) is 0 Å². The van der Waals surface area contributed by atoms with Gasteiger partial charge in [0.15, 0.2) is 11.6 Å². The van der Waals surface area contributed by atoms with Crippen molar-refractivity contribution in [1.29, 1.82) is 0 Å². The number of aromatic nitrogens is 5. The van der Waals surface area contributed by atoms with Crippen LogP contribution < -0.4 is 0 Å². The van der Waals surface area contributed by atoms with Crippen LogP contribution in [-0.2, 0) is 5.41 Å². The number of nitrogens with zero attached hydrogens (tertiary/aromatic N) is 5. The van der Waals surface area contributed by atoms with Gasteiger partial charge in [0.2, 0.25) is 5.95 Å². The molecule has 0 radical (unpaired) electrons. The molecule has 1 aliphatic carbocycles. The molecule has 5 heteroatoms. The molecule has 3 heterocycles. The fourth-order valence-corrected chi connectivity index (χ4v) is 8.82. The molecule has 0 N–H and O–H groups in total. The molecule has 0 amide bonds. The van der Waals surface area contributed by atoms with Crippen molar-refractivity contribution in [1.82, 2.24) is 24.1 Å². The second kappa shape index (κ2) is 12.0. The Balaban J connectivity index is 1.29. The second-order valence-electron chi connectivity index (χ2n) is 14.9. The zero-order valence-corrected chi connectivity index (χ0v) is 30.5. The molecular formula is C50H35N5. The van der Waals surface area contributed by atoms with Crippen LogP contribution in [0.25, 0.3) is 89.5 Å². The standard InChI is InChI=1S/C50H35N5/c1-50(2)41-26-16-15-25-37(41)46-45(50)40-31-43-39(30-44(40)54(46)36-23-13-6-14-24-36)38-29-35(32-17-7-3-8-18-32)27-28-42(38)55(43)49-52-47(33-19-9-4-10-20-33)51-48(53-49)34-21-11-5-12-22-34/h3-31H,1-2H3. The smallest absolute Gasteiger partial charge is 0.238 e. The second-order valence-corrected chi connectivity index (χ2v) is 14.9. The molecular weight excluding hydrogens is 671 g/mol. The van der Waals surface area contributed by atoms with Crippen LogP contribution in [-0.4, -0.2) is 24.1 Å². The Morgan fingerprint density at radius 3 is 1.60 bits per heavy atom. The molecule has 1 aliphatic rings. The van der Waals surface area contributed by atoms with Crippen molar-refractivity contribution in [3.8, 4) is 56.8 Å². The number of para-hydroxylation sites is 1. The van der Waals surface area contributed by atoms with Crippen molar-refractivity contribution in [3.63, 3.8) is 0 Å². The number of benzene rings is 7. The van der Waals surface area contributed by atoms with E-state index in [1.54, 1.807) is 0 Å². The maximum atomic E-state index is 5.25. The van der Waals surface area contributed by atoms with E-state index in [4.69, 9.17) is 15.0 Å². The van der Waals surface area contributed by atoms with E-state index in [0.717, 1.165) is 44.2 Å². The maximum Gasteiger partial charge on any atom is 0.238 e. The molecule has 10 aromatic rings. The van der Waals surface area contributed by atoms with Crippen LogP contribution in [0.1, 0.15) is 25.0 Å². The molecule has 11 rings (SSSR count). The summed E-state index contributed by atoms with van der Waals surface area (Å²) in [6.45, 7) is 4.73. The fraction of sp³-hybridized carbons (Fsp3) is 0.0600. The van der Waals surface area contributed by atoms with Crippen LogP contribution in [0, 0.1) is 0 Å². The molecule has 0 spiro atoms. The average molecular weight is 706 g/mol. The van der Waals surface area contributed by atoms with Gasteiger partial charge in [0, 0.05) is 44.0 Å². The van der Waals surface area contributed by atoms with Gasteiger partial charge in [0.25, 0.3) is 0 Å². The van der Waals surface area contributed by atoms with Crippen molar-refractivity contribution >= 4 is 32.7 Å². The van der Waals surface area contributed by atoms with Gasteiger partial charge in [-0.3, -0.25) is 4.57 Å². The van der Waals surface area contributed by atoms with E-state index in [-0.39, 0.29) is 5.41 Å². The predicted molar refractivity (Wildman–Crippen MR) is 225 cm³/mol. The maximum absolute atomic E-state index is 5.25. The summed E-state index contributed by atoms with van der Waals surface area (Å²) in [4.78, 5) is 15.5. The van der Waals surface area contributed by atoms with E-state index < -0.39 is 0 Å². The first-order valence-corrected chi connectivity index (χ1v) is 18.8. The minimum atomic E-state index is -0.219. The van der Waals surface area contributed by atoms with E-state index in [1.165, 1.54) is 38.9 Å². The quantitative estimate of drug-likeness (QED) is 0.179. The van der Waals surface area contributed by atoms with Crippen LogP contribution in [0.5, 0.6) is 0 Å². The van der Waals surface area contributed by atoms with Gasteiger partial charge in [-0.25, -0.2) is 4.98 Å². The Morgan fingerprint density at radius 1 is 0.418 bits per heavy atom. The summed E-state index contributed by atoms with van der Waals surface area (Å²) in [6, 6.07) is 62.3. The topological polar surface area (TPSA) is 48.5 Å². The van der Waals surface area contributed by atoms with Gasteiger partial charge in [-0.15, -0.1) is 0 Å². The normalized spacial score (nSPS) is 13.1. The first-order valence-electron chi connectivity index (χ1n) is 18.8. The van der Waals surface area contributed by atoms with E-state index >= 15 is 0 Å². The summed E-state index contributed by atoms with van der Waals surface area (Å²) in [7, 11) is 0. The Hall–Kier alpha value is -7.11. The van der Waals surface area contributed by atoms with Crippen LogP contribution in [0.2, 0.25) is 0 Å². The van der Waals surface area contributed by atoms with Gasteiger partial charge < -0.3 is 4.57 Å². The first kappa shape index (κ1) is 31.4. The SMILES string of the molecule is CC1(C)c2ccccc2-c2c1c1cc3c(cc1n2-c1ccccc1)c1cc(-c2ccccc2)ccc1n3-c1nc(-c2ccccc2)nc(-c2ccccc2)n1. The van der Waals surface area contributed by atoms with Gasteiger partial charge >= 0.3 is 0 Å². The van der Waals surface area contributed by atoms with Crippen molar-refractivity contribution in [3.05, 3.63) is 187 Å². The van der Waals surface area contributed by atoms with Gasteiger partial charge in [0.05, 0.1) is 22.2 Å². The van der Waals surface area contributed by atoms with E-state index in [1.807, 2.05) is 36.4 Å². The van der Waals surface area contributed by atoms with Crippen LogP contribution in [0.3, 0.4) is 0 Å². The third-order valence-electron chi connectivity index (χ3n) is 11.3. The molecule has 0 saturated carbocycles. The highest BCUT2D eigenvalue weighted by atomic mass is 15.2. The molecule has 3 aromatic heterocycles. The molecule has 0 fully saturated rings. The third kappa shape index (κ3) is 4.76. The van der Waals surface area contributed by atoms with E-state index in [2.05, 4.69) is 163 Å². The van der Waals surface area contributed by atoms with Crippen molar-refractivity contribution in [2.45, 2.75) is 19.3 Å². The van der Waals surface area contributed by atoms with Gasteiger partial charge in [-0.05, 0) is 58.7 Å². The lowest BCUT2D eigenvalue weighted by Crippen LogP contribution is -2.14. The summed E-state index contributed by atoms with van der Waals surface area (Å²) < 4.78 is 4.73. The number of hydrogen-bond acceptors (Lipinski definition) is 3. The molecule has 0 atom stereocenters. The summed E-state index contributed by atoms with van der Waals surface area (Å²) >= 11 is 0. The number of rotatable bonds is 5. The number of fused-ring (bicyclic) bond motifs is 8. The molecule has 5 nitrogen and oxygen atoms in total. The van der Waals surface area contributed by atoms with Crippen LogP contribution >= 0.6 is 0 Å². The summed E-state index contributed by atoms with van der Waals surface area (Å²) in [6.07, 6.45) is 0. The monoisotopic (exact) mass is 705 g/mol. The Morgan fingerprint density at radius 2 is 0.945 bits per heavy atom. The van der Waals surface area contributed by atoms with Gasteiger partial charge in [-0.2, -0.15) is 9.97 Å². The highest BCUT2D eigenvalue weighted by molar-refractivity contribution is 6.16. The third-order valence-corrected chi connectivity index (χ3v) is 11.3. The zero-order valence-electron chi connectivity index (χ0n) is 30.5. The first-order chi connectivity index (χ1) is 27.0. The summed E-state index contributed by atoms with van der Waals surface area (Å²) in [5.74, 6) is 1.85. The van der Waals surface area contributed by atoms with Crippen molar-refractivity contribution in [2.75, 3.05) is 0 Å². The van der Waals surface area contributed by atoms with E-state index in [0.29, 0.717) is 17.6 Å². The van der Waals surface area contributed by atoms with Gasteiger partial charge in [-0.1, -0.05) is 153 Å². The minimum absolute atomic E-state index is 0.219. The summed E-state index contributed by atoms with van der Waals surface area (Å²) in [5, 5.41) is 3.50. The molecule has 260 valence electrons. The van der Waals surface area contributed by atoms with E-state index in [9.17, 15) is 0 Å².